The van der Waals surface area contributed by atoms with Crippen molar-refractivity contribution in [1.29, 1.82) is 0 Å². The Labute approximate surface area is 112 Å². The van der Waals surface area contributed by atoms with Crippen molar-refractivity contribution in [3.63, 3.8) is 0 Å². The summed E-state index contributed by atoms with van der Waals surface area (Å²) < 4.78 is 5.34. The van der Waals surface area contributed by atoms with Gasteiger partial charge in [-0.25, -0.2) is 0 Å². The summed E-state index contributed by atoms with van der Waals surface area (Å²) in [6, 6.07) is 8.11. The Morgan fingerprint density at radius 3 is 2.95 bits per heavy atom. The number of aryl methyl sites for hydroxylation is 1. The molecule has 0 saturated carbocycles. The van der Waals surface area contributed by atoms with Crippen LogP contribution in [0.2, 0.25) is 0 Å². The van der Waals surface area contributed by atoms with Crippen LogP contribution in [0.3, 0.4) is 0 Å². The third kappa shape index (κ3) is 3.00. The Kier molecular flexibility index (Phi) is 3.57. The van der Waals surface area contributed by atoms with Gasteiger partial charge in [0.2, 0.25) is 0 Å². The van der Waals surface area contributed by atoms with Crippen molar-refractivity contribution in [2.75, 3.05) is 26.2 Å². The molecule has 1 fully saturated rings. The molecule has 0 aliphatic carbocycles. The van der Waals surface area contributed by atoms with Crippen molar-refractivity contribution in [2.45, 2.75) is 13.5 Å². The van der Waals surface area contributed by atoms with E-state index in [2.05, 4.69) is 39.4 Å². The molecule has 5 heteroatoms. The van der Waals surface area contributed by atoms with Crippen LogP contribution in [0.5, 0.6) is 0 Å². The molecule has 0 unspecified atom stereocenters. The zero-order chi connectivity index (χ0) is 13.1. The van der Waals surface area contributed by atoms with Gasteiger partial charge in [0.1, 0.15) is 0 Å². The molecule has 100 valence electrons. The lowest BCUT2D eigenvalue weighted by Crippen LogP contribution is -2.43. The number of piperazine rings is 1. The van der Waals surface area contributed by atoms with Gasteiger partial charge >= 0.3 is 0 Å². The maximum atomic E-state index is 5.34. The lowest BCUT2D eigenvalue weighted by Gasteiger charge is -2.25. The van der Waals surface area contributed by atoms with Crippen molar-refractivity contribution in [1.82, 2.24) is 20.4 Å². The molecule has 1 saturated heterocycles. The van der Waals surface area contributed by atoms with Crippen molar-refractivity contribution in [3.05, 3.63) is 35.7 Å². The summed E-state index contributed by atoms with van der Waals surface area (Å²) in [5.41, 5.74) is 2.18. The smallest absolute Gasteiger partial charge is 0.257 e. The molecule has 1 N–H and O–H groups in total. The molecule has 1 aromatic carbocycles. The van der Waals surface area contributed by atoms with Gasteiger partial charge in [-0.15, -0.1) is 0 Å². The van der Waals surface area contributed by atoms with E-state index in [1.807, 2.05) is 12.1 Å². The zero-order valence-electron chi connectivity index (χ0n) is 11.1. The summed E-state index contributed by atoms with van der Waals surface area (Å²) in [5.74, 6) is 1.37. The SMILES string of the molecule is Cc1cccc(-c2nc(CN3CCNCC3)no2)c1. The topological polar surface area (TPSA) is 54.2 Å². The number of benzene rings is 1. The molecule has 0 bridgehead atoms. The molecule has 1 aliphatic rings. The zero-order valence-corrected chi connectivity index (χ0v) is 11.1. The van der Waals surface area contributed by atoms with Gasteiger partial charge in [0, 0.05) is 31.7 Å². The average Bonchev–Trinajstić information content (AvgIpc) is 2.88. The Morgan fingerprint density at radius 1 is 1.32 bits per heavy atom. The van der Waals surface area contributed by atoms with E-state index in [0.717, 1.165) is 44.1 Å². The Balaban J connectivity index is 1.72. The highest BCUT2D eigenvalue weighted by molar-refractivity contribution is 5.53. The van der Waals surface area contributed by atoms with Crippen LogP contribution in [-0.2, 0) is 6.54 Å². The van der Waals surface area contributed by atoms with Crippen molar-refractivity contribution in [2.24, 2.45) is 0 Å². The second kappa shape index (κ2) is 5.50. The van der Waals surface area contributed by atoms with E-state index in [1.54, 1.807) is 0 Å². The monoisotopic (exact) mass is 258 g/mol. The molecular weight excluding hydrogens is 240 g/mol. The fourth-order valence-corrected chi connectivity index (χ4v) is 2.28. The summed E-state index contributed by atoms with van der Waals surface area (Å²) in [7, 11) is 0. The van der Waals surface area contributed by atoms with Crippen LogP contribution in [0.4, 0.5) is 0 Å². The minimum absolute atomic E-state index is 0.605. The highest BCUT2D eigenvalue weighted by atomic mass is 16.5. The van der Waals surface area contributed by atoms with Crippen LogP contribution in [0, 0.1) is 6.92 Å². The maximum absolute atomic E-state index is 5.34. The number of hydrogen-bond acceptors (Lipinski definition) is 5. The number of aromatic nitrogens is 2. The molecule has 3 rings (SSSR count). The number of rotatable bonds is 3. The van der Waals surface area contributed by atoms with Crippen LogP contribution in [0.1, 0.15) is 11.4 Å². The highest BCUT2D eigenvalue weighted by Gasteiger charge is 2.14. The van der Waals surface area contributed by atoms with Gasteiger partial charge in [-0.2, -0.15) is 4.98 Å². The minimum Gasteiger partial charge on any atom is -0.334 e. The molecule has 5 nitrogen and oxygen atoms in total. The van der Waals surface area contributed by atoms with Gasteiger partial charge in [0.15, 0.2) is 5.82 Å². The number of hydrogen-bond donors (Lipinski definition) is 1. The van der Waals surface area contributed by atoms with Gasteiger partial charge in [-0.05, 0) is 19.1 Å². The van der Waals surface area contributed by atoms with E-state index < -0.39 is 0 Å². The van der Waals surface area contributed by atoms with E-state index in [9.17, 15) is 0 Å². The molecule has 19 heavy (non-hydrogen) atoms. The third-order valence-electron chi connectivity index (χ3n) is 3.31. The average molecular weight is 258 g/mol. The lowest BCUT2D eigenvalue weighted by atomic mass is 10.1. The minimum atomic E-state index is 0.605. The largest absolute Gasteiger partial charge is 0.334 e. The molecule has 2 aromatic rings. The first-order valence-electron chi connectivity index (χ1n) is 6.64. The predicted molar refractivity (Wildman–Crippen MR) is 72.6 cm³/mol. The molecule has 1 aliphatic heterocycles. The molecule has 0 atom stereocenters. The first-order valence-corrected chi connectivity index (χ1v) is 6.64. The predicted octanol–water partition coefficient (Wildman–Crippen LogP) is 1.45. The standard InChI is InChI=1S/C14H18N4O/c1-11-3-2-4-12(9-11)14-16-13(17-19-14)10-18-7-5-15-6-8-18/h2-4,9,15H,5-8,10H2,1H3. The second-order valence-corrected chi connectivity index (χ2v) is 4.91. The van der Waals surface area contributed by atoms with Crippen molar-refractivity contribution < 1.29 is 4.52 Å². The summed E-state index contributed by atoms with van der Waals surface area (Å²) in [5, 5.41) is 7.40. The van der Waals surface area contributed by atoms with E-state index in [-0.39, 0.29) is 0 Å². The third-order valence-corrected chi connectivity index (χ3v) is 3.31. The van der Waals surface area contributed by atoms with E-state index in [4.69, 9.17) is 4.52 Å². The Bertz CT molecular complexity index is 546. The molecule has 1 aromatic heterocycles. The van der Waals surface area contributed by atoms with Crippen LogP contribution >= 0.6 is 0 Å². The number of nitrogens with zero attached hydrogens (tertiary/aromatic N) is 3. The summed E-state index contributed by atoms with van der Waals surface area (Å²) in [6.07, 6.45) is 0. The summed E-state index contributed by atoms with van der Waals surface area (Å²) in [4.78, 5) is 6.81. The summed E-state index contributed by atoms with van der Waals surface area (Å²) in [6.45, 7) is 6.95. The quantitative estimate of drug-likeness (QED) is 0.903. The molecule has 0 radical (unpaired) electrons. The van der Waals surface area contributed by atoms with Crippen molar-refractivity contribution >= 4 is 0 Å². The molecule has 0 spiro atoms. The van der Waals surface area contributed by atoms with Gasteiger partial charge in [-0.1, -0.05) is 22.9 Å². The van der Waals surface area contributed by atoms with Gasteiger partial charge in [0.25, 0.3) is 5.89 Å². The lowest BCUT2D eigenvalue weighted by molar-refractivity contribution is 0.225. The Morgan fingerprint density at radius 2 is 2.16 bits per heavy atom. The molecule has 0 amide bonds. The second-order valence-electron chi connectivity index (χ2n) is 4.91. The van der Waals surface area contributed by atoms with Crippen LogP contribution in [0.15, 0.2) is 28.8 Å². The Hall–Kier alpha value is -1.72. The normalized spacial score (nSPS) is 16.7. The van der Waals surface area contributed by atoms with E-state index >= 15 is 0 Å². The molecular formula is C14H18N4O. The van der Waals surface area contributed by atoms with Crippen molar-refractivity contribution in [3.8, 4) is 11.5 Å². The van der Waals surface area contributed by atoms with Gasteiger partial charge in [0.05, 0.1) is 6.54 Å². The van der Waals surface area contributed by atoms with Crippen LogP contribution in [-0.4, -0.2) is 41.2 Å². The fourth-order valence-electron chi connectivity index (χ4n) is 2.28. The van der Waals surface area contributed by atoms with Crippen LogP contribution < -0.4 is 5.32 Å². The number of nitrogens with one attached hydrogen (secondary N) is 1. The van der Waals surface area contributed by atoms with E-state index in [0.29, 0.717) is 5.89 Å². The highest BCUT2D eigenvalue weighted by Crippen LogP contribution is 2.18. The summed E-state index contributed by atoms with van der Waals surface area (Å²) >= 11 is 0. The fraction of sp³-hybridized carbons (Fsp3) is 0.429. The van der Waals surface area contributed by atoms with Gasteiger partial charge in [-0.3, -0.25) is 4.90 Å². The molecule has 2 heterocycles. The first-order chi connectivity index (χ1) is 9.31. The van der Waals surface area contributed by atoms with Gasteiger partial charge < -0.3 is 9.84 Å². The van der Waals surface area contributed by atoms with Crippen LogP contribution in [0.25, 0.3) is 11.5 Å². The first kappa shape index (κ1) is 12.3. The maximum Gasteiger partial charge on any atom is 0.257 e. The van der Waals surface area contributed by atoms with E-state index in [1.165, 1.54) is 5.56 Å².